The van der Waals surface area contributed by atoms with Gasteiger partial charge in [-0.05, 0) is 70.1 Å². The number of likely N-dealkylation sites (tertiary alicyclic amines) is 1. The Hall–Kier alpha value is -3.96. The minimum atomic E-state index is -0.884. The van der Waals surface area contributed by atoms with E-state index in [4.69, 9.17) is 4.74 Å². The molecule has 1 aromatic carbocycles. The minimum absolute atomic E-state index is 0.241. The molecule has 11 nitrogen and oxygen atoms in total. The number of carbonyl (C=O) groups is 4. The summed E-state index contributed by atoms with van der Waals surface area (Å²) < 4.78 is 20.6. The highest BCUT2D eigenvalue weighted by Gasteiger charge is 2.41. The third kappa shape index (κ3) is 9.76. The lowest BCUT2D eigenvalue weighted by atomic mass is 9.85. The van der Waals surface area contributed by atoms with Crippen molar-refractivity contribution < 1.29 is 28.3 Å². The summed E-state index contributed by atoms with van der Waals surface area (Å²) in [6.07, 6.45) is 4.53. The van der Waals surface area contributed by atoms with Crippen LogP contribution in [0.1, 0.15) is 77.4 Å². The Labute approximate surface area is 266 Å². The van der Waals surface area contributed by atoms with Crippen LogP contribution in [0.3, 0.4) is 0 Å². The van der Waals surface area contributed by atoms with E-state index in [1.807, 2.05) is 20.8 Å². The zero-order valence-electron chi connectivity index (χ0n) is 28.1. The van der Waals surface area contributed by atoms with Crippen LogP contribution < -0.4 is 5.32 Å². The molecule has 248 valence electrons. The number of amides is 4. The molecule has 12 heteroatoms. The monoisotopic (exact) mass is 628 g/mol. The molecule has 2 heterocycles. The Morgan fingerprint density at radius 3 is 2.31 bits per heavy atom. The molecule has 0 aliphatic carbocycles. The number of benzene rings is 1. The molecule has 0 saturated carbocycles. The highest BCUT2D eigenvalue weighted by molar-refractivity contribution is 5.93. The molecule has 0 radical (unpaired) electrons. The summed E-state index contributed by atoms with van der Waals surface area (Å²) in [4.78, 5) is 62.6. The van der Waals surface area contributed by atoms with Gasteiger partial charge in [0.05, 0.1) is 6.33 Å². The summed E-state index contributed by atoms with van der Waals surface area (Å²) in [6.45, 7) is 13.6. The van der Waals surface area contributed by atoms with Crippen molar-refractivity contribution in [1.82, 2.24) is 29.6 Å². The smallest absolute Gasteiger partial charge is 0.410 e. The molecule has 1 aromatic heterocycles. The second-order valence-electron chi connectivity index (χ2n) is 14.0. The first-order valence-electron chi connectivity index (χ1n) is 15.5. The van der Waals surface area contributed by atoms with Gasteiger partial charge in [0, 0.05) is 46.0 Å². The average Bonchev–Trinajstić information content (AvgIpc) is 3.60. The molecule has 3 rings (SSSR count). The number of hydrogen-bond acceptors (Lipinski definition) is 6. The van der Waals surface area contributed by atoms with Gasteiger partial charge in [0.1, 0.15) is 29.2 Å². The van der Waals surface area contributed by atoms with Crippen molar-refractivity contribution in [1.29, 1.82) is 0 Å². The molecule has 1 saturated heterocycles. The summed E-state index contributed by atoms with van der Waals surface area (Å²) in [5, 5.41) is 2.90. The van der Waals surface area contributed by atoms with Crippen LogP contribution in [0.25, 0.3) is 0 Å². The molecular weight excluding hydrogens is 579 g/mol. The standard InChI is InChI=1S/C33H49FN6O5/c1-22(38(9)31(44)45-33(5,6)7)28(41)36-27(32(2,3)4)30(43)40-17-10-11-25(40)19-39(29(42)26-20-37(8)21-35-26)18-16-23-12-14-24(34)15-13-23/h12-15,20-22,25,27H,10-11,16-19H2,1-9H3,(H,36,41). The maximum atomic E-state index is 14.1. The van der Waals surface area contributed by atoms with Crippen molar-refractivity contribution in [3.05, 3.63) is 53.9 Å². The first-order chi connectivity index (χ1) is 20.9. The minimum Gasteiger partial charge on any atom is -0.444 e. The summed E-state index contributed by atoms with van der Waals surface area (Å²) in [5.74, 6) is -1.30. The highest BCUT2D eigenvalue weighted by atomic mass is 19.1. The maximum Gasteiger partial charge on any atom is 0.410 e. The number of imidazole rings is 1. The normalized spacial score (nSPS) is 16.6. The van der Waals surface area contributed by atoms with Gasteiger partial charge in [-0.2, -0.15) is 0 Å². The van der Waals surface area contributed by atoms with Crippen molar-refractivity contribution >= 4 is 23.8 Å². The molecule has 3 unspecified atom stereocenters. The van der Waals surface area contributed by atoms with E-state index in [0.717, 1.165) is 12.0 Å². The van der Waals surface area contributed by atoms with Crippen molar-refractivity contribution in [3.8, 4) is 0 Å². The van der Waals surface area contributed by atoms with Gasteiger partial charge < -0.3 is 24.4 Å². The lowest BCUT2D eigenvalue weighted by Gasteiger charge is -2.38. The summed E-state index contributed by atoms with van der Waals surface area (Å²) >= 11 is 0. The van der Waals surface area contributed by atoms with E-state index >= 15 is 0 Å². The molecule has 45 heavy (non-hydrogen) atoms. The second kappa shape index (κ2) is 14.4. The fraction of sp³-hybridized carbons (Fsp3) is 0.606. The Morgan fingerprint density at radius 2 is 1.76 bits per heavy atom. The second-order valence-corrected chi connectivity index (χ2v) is 14.0. The van der Waals surface area contributed by atoms with Gasteiger partial charge in [-0.1, -0.05) is 32.9 Å². The number of nitrogens with zero attached hydrogens (tertiary/aromatic N) is 5. The van der Waals surface area contributed by atoms with Crippen LogP contribution in [0, 0.1) is 11.2 Å². The molecule has 3 atom stereocenters. The van der Waals surface area contributed by atoms with Gasteiger partial charge in [0.25, 0.3) is 5.91 Å². The molecule has 1 N–H and O–H groups in total. The quantitative estimate of drug-likeness (QED) is 0.425. The zero-order valence-corrected chi connectivity index (χ0v) is 28.1. The number of halogens is 1. The number of rotatable bonds is 10. The molecule has 1 fully saturated rings. The molecule has 1 aliphatic rings. The van der Waals surface area contributed by atoms with Gasteiger partial charge in [-0.25, -0.2) is 14.2 Å². The largest absolute Gasteiger partial charge is 0.444 e. The van der Waals surface area contributed by atoms with Crippen molar-refractivity contribution in [2.24, 2.45) is 12.5 Å². The summed E-state index contributed by atoms with van der Waals surface area (Å²) in [5.41, 5.74) is -0.178. The van der Waals surface area contributed by atoms with Gasteiger partial charge in [-0.3, -0.25) is 19.3 Å². The molecule has 0 spiro atoms. The predicted molar refractivity (Wildman–Crippen MR) is 169 cm³/mol. The Morgan fingerprint density at radius 1 is 1.11 bits per heavy atom. The third-order valence-corrected chi connectivity index (χ3v) is 7.93. The van der Waals surface area contributed by atoms with Gasteiger partial charge in [0.2, 0.25) is 11.8 Å². The number of ether oxygens (including phenoxy) is 1. The topological polar surface area (TPSA) is 117 Å². The molecule has 0 bridgehead atoms. The Bertz CT molecular complexity index is 1350. The number of nitrogens with one attached hydrogen (secondary N) is 1. The average molecular weight is 629 g/mol. The van der Waals surface area contributed by atoms with Crippen LogP contribution in [-0.4, -0.2) is 98.5 Å². The van der Waals surface area contributed by atoms with Crippen LogP contribution in [-0.2, 0) is 27.8 Å². The van der Waals surface area contributed by atoms with Crippen LogP contribution in [0.5, 0.6) is 0 Å². The Balaban J connectivity index is 1.78. The van der Waals surface area contributed by atoms with E-state index in [9.17, 15) is 23.6 Å². The van der Waals surface area contributed by atoms with E-state index in [0.29, 0.717) is 31.6 Å². The summed E-state index contributed by atoms with van der Waals surface area (Å²) in [7, 11) is 3.28. The lowest BCUT2D eigenvalue weighted by molar-refractivity contribution is -0.141. The first-order valence-corrected chi connectivity index (χ1v) is 15.5. The molecule has 1 aliphatic heterocycles. The van der Waals surface area contributed by atoms with E-state index in [1.165, 1.54) is 24.1 Å². The van der Waals surface area contributed by atoms with Crippen molar-refractivity contribution in [3.63, 3.8) is 0 Å². The number of hydrogen-bond donors (Lipinski definition) is 1. The molecular formula is C33H49FN6O5. The van der Waals surface area contributed by atoms with Gasteiger partial charge in [0.15, 0.2) is 0 Å². The molecule has 2 aromatic rings. The fourth-order valence-corrected chi connectivity index (χ4v) is 5.19. The molecule has 4 amide bonds. The van der Waals surface area contributed by atoms with E-state index < -0.39 is 35.1 Å². The highest BCUT2D eigenvalue weighted by Crippen LogP contribution is 2.27. The van der Waals surface area contributed by atoms with Gasteiger partial charge in [-0.15, -0.1) is 0 Å². The zero-order chi connectivity index (χ0) is 33.7. The number of carbonyl (C=O) groups excluding carboxylic acids is 4. The van der Waals surface area contributed by atoms with Gasteiger partial charge >= 0.3 is 6.09 Å². The Kier molecular flexibility index (Phi) is 11.4. The maximum absolute atomic E-state index is 14.1. The van der Waals surface area contributed by atoms with Crippen LogP contribution in [0.4, 0.5) is 9.18 Å². The van der Waals surface area contributed by atoms with E-state index in [2.05, 4.69) is 10.3 Å². The summed E-state index contributed by atoms with van der Waals surface area (Å²) in [6, 6.07) is 4.14. The van der Waals surface area contributed by atoms with Crippen LogP contribution in [0.2, 0.25) is 0 Å². The lowest BCUT2D eigenvalue weighted by Crippen LogP contribution is -2.59. The first kappa shape index (κ1) is 35.5. The van der Waals surface area contributed by atoms with E-state index in [1.54, 1.807) is 73.8 Å². The predicted octanol–water partition coefficient (Wildman–Crippen LogP) is 4.02. The van der Waals surface area contributed by atoms with Crippen LogP contribution in [0.15, 0.2) is 36.8 Å². The number of aryl methyl sites for hydroxylation is 1. The SMILES string of the molecule is CC(C(=O)NC(C(=O)N1CCCC1CN(CCc1ccc(F)cc1)C(=O)c1cn(C)cn1)C(C)(C)C)N(C)C(=O)OC(C)(C)C. The third-order valence-electron chi connectivity index (χ3n) is 7.93. The fourth-order valence-electron chi connectivity index (χ4n) is 5.19. The van der Waals surface area contributed by atoms with E-state index in [-0.39, 0.29) is 30.2 Å². The number of likely N-dealkylation sites (N-methyl/N-ethyl adjacent to an activating group) is 1. The van der Waals surface area contributed by atoms with Crippen molar-refractivity contribution in [2.75, 3.05) is 26.7 Å². The van der Waals surface area contributed by atoms with Crippen molar-refractivity contribution in [2.45, 2.75) is 91.5 Å². The number of aromatic nitrogens is 2. The van der Waals surface area contributed by atoms with Crippen LogP contribution >= 0.6 is 0 Å².